The van der Waals surface area contributed by atoms with Gasteiger partial charge in [-0.1, -0.05) is 0 Å². The standard InChI is InChI=1S/C9H13N3O2/c10-8(9(13)14)3-5-12-7-2-1-4-11-6-7/h1-2,4,6,8,12H,3,5,10H2,(H,13,14). The van der Waals surface area contributed by atoms with Crippen LogP contribution in [0.25, 0.3) is 0 Å². The number of pyridine rings is 1. The van der Waals surface area contributed by atoms with Gasteiger partial charge in [0.25, 0.3) is 0 Å². The minimum atomic E-state index is -0.974. The summed E-state index contributed by atoms with van der Waals surface area (Å²) in [6.45, 7) is 0.527. The van der Waals surface area contributed by atoms with Crippen molar-refractivity contribution in [2.45, 2.75) is 12.5 Å². The van der Waals surface area contributed by atoms with Crippen LogP contribution in [0.15, 0.2) is 24.5 Å². The molecule has 1 atom stereocenters. The smallest absolute Gasteiger partial charge is 0.320 e. The van der Waals surface area contributed by atoms with Crippen LogP contribution in [0.2, 0.25) is 0 Å². The highest BCUT2D eigenvalue weighted by Gasteiger charge is 2.09. The fourth-order valence-electron chi connectivity index (χ4n) is 0.963. The highest BCUT2D eigenvalue weighted by molar-refractivity contribution is 5.73. The van der Waals surface area contributed by atoms with E-state index in [9.17, 15) is 4.79 Å². The third-order valence-electron chi connectivity index (χ3n) is 1.76. The zero-order chi connectivity index (χ0) is 10.4. The zero-order valence-electron chi connectivity index (χ0n) is 7.68. The Morgan fingerprint density at radius 2 is 2.50 bits per heavy atom. The van der Waals surface area contributed by atoms with E-state index in [2.05, 4.69) is 10.3 Å². The molecule has 1 rings (SSSR count). The van der Waals surface area contributed by atoms with E-state index >= 15 is 0 Å². The summed E-state index contributed by atoms with van der Waals surface area (Å²) in [5.41, 5.74) is 6.19. The molecule has 0 bridgehead atoms. The van der Waals surface area contributed by atoms with Crippen LogP contribution in [0.5, 0.6) is 0 Å². The number of carboxylic acid groups (broad SMARTS) is 1. The Kier molecular flexibility index (Phi) is 3.87. The largest absolute Gasteiger partial charge is 0.480 e. The molecule has 0 aliphatic carbocycles. The van der Waals surface area contributed by atoms with Gasteiger partial charge in [0, 0.05) is 18.9 Å². The van der Waals surface area contributed by atoms with Crippen LogP contribution in [0.1, 0.15) is 6.42 Å². The minimum absolute atomic E-state index is 0.393. The number of carboxylic acids is 1. The predicted octanol–water partition coefficient (Wildman–Crippen LogP) is 0.295. The van der Waals surface area contributed by atoms with E-state index in [1.807, 2.05) is 6.07 Å². The number of hydrogen-bond acceptors (Lipinski definition) is 4. The molecule has 0 aliphatic rings. The molecule has 76 valence electrons. The number of rotatable bonds is 5. The number of aliphatic carboxylic acids is 1. The van der Waals surface area contributed by atoms with E-state index in [0.29, 0.717) is 13.0 Å². The van der Waals surface area contributed by atoms with Crippen molar-refractivity contribution < 1.29 is 9.90 Å². The monoisotopic (exact) mass is 195 g/mol. The summed E-state index contributed by atoms with van der Waals surface area (Å²) in [7, 11) is 0. The van der Waals surface area contributed by atoms with Crippen molar-refractivity contribution in [3.63, 3.8) is 0 Å². The van der Waals surface area contributed by atoms with E-state index in [4.69, 9.17) is 10.8 Å². The number of nitrogens with one attached hydrogen (secondary N) is 1. The molecule has 0 amide bonds. The summed E-state index contributed by atoms with van der Waals surface area (Å²) < 4.78 is 0. The molecular formula is C9H13N3O2. The molecule has 0 aromatic carbocycles. The number of nitrogens with zero attached hydrogens (tertiary/aromatic N) is 1. The van der Waals surface area contributed by atoms with Gasteiger partial charge in [0.15, 0.2) is 0 Å². The van der Waals surface area contributed by atoms with Crippen LogP contribution < -0.4 is 11.1 Å². The van der Waals surface area contributed by atoms with Crippen molar-refractivity contribution in [2.75, 3.05) is 11.9 Å². The second-order valence-corrected chi connectivity index (χ2v) is 2.90. The Morgan fingerprint density at radius 1 is 1.71 bits per heavy atom. The lowest BCUT2D eigenvalue weighted by Crippen LogP contribution is -2.32. The van der Waals surface area contributed by atoms with Crippen LogP contribution >= 0.6 is 0 Å². The van der Waals surface area contributed by atoms with Crippen molar-refractivity contribution in [2.24, 2.45) is 5.73 Å². The first-order valence-electron chi connectivity index (χ1n) is 4.32. The van der Waals surface area contributed by atoms with Gasteiger partial charge < -0.3 is 16.2 Å². The normalized spacial score (nSPS) is 12.1. The van der Waals surface area contributed by atoms with Crippen molar-refractivity contribution in [3.05, 3.63) is 24.5 Å². The van der Waals surface area contributed by atoms with E-state index in [1.165, 1.54) is 0 Å². The average Bonchev–Trinajstić information content (AvgIpc) is 2.19. The molecule has 1 unspecified atom stereocenters. The lowest BCUT2D eigenvalue weighted by atomic mass is 10.2. The maximum absolute atomic E-state index is 10.4. The SMILES string of the molecule is NC(CCNc1cccnc1)C(=O)O. The molecule has 0 spiro atoms. The van der Waals surface area contributed by atoms with Gasteiger partial charge in [-0.2, -0.15) is 0 Å². The van der Waals surface area contributed by atoms with E-state index in [1.54, 1.807) is 18.5 Å². The number of nitrogens with two attached hydrogens (primary N) is 1. The summed E-state index contributed by atoms with van der Waals surface area (Å²) in [5, 5.41) is 11.5. The highest BCUT2D eigenvalue weighted by Crippen LogP contribution is 2.02. The van der Waals surface area contributed by atoms with Crippen molar-refractivity contribution >= 4 is 11.7 Å². The van der Waals surface area contributed by atoms with Crippen LogP contribution in [0.3, 0.4) is 0 Å². The summed E-state index contributed by atoms with van der Waals surface area (Å²) in [6, 6.07) is 2.86. The first-order chi connectivity index (χ1) is 6.70. The second-order valence-electron chi connectivity index (χ2n) is 2.90. The molecule has 0 aliphatic heterocycles. The summed E-state index contributed by atoms with van der Waals surface area (Å²) in [6.07, 6.45) is 3.74. The third-order valence-corrected chi connectivity index (χ3v) is 1.76. The van der Waals surface area contributed by atoms with Crippen LogP contribution in [0, 0.1) is 0 Å². The Hall–Kier alpha value is -1.62. The first-order valence-corrected chi connectivity index (χ1v) is 4.32. The van der Waals surface area contributed by atoms with E-state index in [-0.39, 0.29) is 0 Å². The van der Waals surface area contributed by atoms with Crippen molar-refractivity contribution in [1.29, 1.82) is 0 Å². The molecule has 0 radical (unpaired) electrons. The van der Waals surface area contributed by atoms with Gasteiger partial charge in [-0.3, -0.25) is 9.78 Å². The molecule has 1 aromatic rings. The summed E-state index contributed by atoms with van der Waals surface area (Å²) in [5.74, 6) is -0.974. The first kappa shape index (κ1) is 10.5. The van der Waals surface area contributed by atoms with Gasteiger partial charge in [0.05, 0.1) is 5.69 Å². The Bertz CT molecular complexity index is 289. The topological polar surface area (TPSA) is 88.2 Å². The van der Waals surface area contributed by atoms with Gasteiger partial charge in [-0.05, 0) is 18.6 Å². The predicted molar refractivity (Wildman–Crippen MR) is 53.0 cm³/mol. The lowest BCUT2D eigenvalue weighted by molar-refractivity contribution is -0.138. The molecule has 1 aromatic heterocycles. The molecule has 1 heterocycles. The van der Waals surface area contributed by atoms with Gasteiger partial charge >= 0.3 is 5.97 Å². The molecule has 0 fully saturated rings. The van der Waals surface area contributed by atoms with E-state index in [0.717, 1.165) is 5.69 Å². The number of carbonyl (C=O) groups is 1. The lowest BCUT2D eigenvalue weighted by Gasteiger charge is -2.08. The molecule has 14 heavy (non-hydrogen) atoms. The van der Waals surface area contributed by atoms with Gasteiger partial charge in [0.2, 0.25) is 0 Å². The zero-order valence-corrected chi connectivity index (χ0v) is 7.68. The molecule has 0 saturated carbocycles. The number of hydrogen-bond donors (Lipinski definition) is 3. The van der Waals surface area contributed by atoms with Crippen LogP contribution in [0.4, 0.5) is 5.69 Å². The summed E-state index contributed by atoms with van der Waals surface area (Å²) >= 11 is 0. The molecule has 5 nitrogen and oxygen atoms in total. The van der Waals surface area contributed by atoms with Gasteiger partial charge in [-0.15, -0.1) is 0 Å². The van der Waals surface area contributed by atoms with Crippen LogP contribution in [-0.2, 0) is 4.79 Å². The fourth-order valence-corrected chi connectivity index (χ4v) is 0.963. The number of anilines is 1. The Balaban J connectivity index is 2.26. The third kappa shape index (κ3) is 3.40. The van der Waals surface area contributed by atoms with Gasteiger partial charge in [-0.25, -0.2) is 0 Å². The van der Waals surface area contributed by atoms with E-state index < -0.39 is 12.0 Å². The highest BCUT2D eigenvalue weighted by atomic mass is 16.4. The molecule has 0 saturated heterocycles. The van der Waals surface area contributed by atoms with Crippen molar-refractivity contribution in [3.8, 4) is 0 Å². The second kappa shape index (κ2) is 5.18. The average molecular weight is 195 g/mol. The molecule has 4 N–H and O–H groups in total. The molecular weight excluding hydrogens is 182 g/mol. The quantitative estimate of drug-likeness (QED) is 0.628. The van der Waals surface area contributed by atoms with Crippen LogP contribution in [-0.4, -0.2) is 28.6 Å². The maximum Gasteiger partial charge on any atom is 0.320 e. The number of aromatic nitrogens is 1. The minimum Gasteiger partial charge on any atom is -0.480 e. The maximum atomic E-state index is 10.4. The summed E-state index contributed by atoms with van der Waals surface area (Å²) in [4.78, 5) is 14.3. The molecule has 5 heteroatoms. The Morgan fingerprint density at radius 3 is 3.07 bits per heavy atom. The van der Waals surface area contributed by atoms with Crippen molar-refractivity contribution in [1.82, 2.24) is 4.98 Å². The fraction of sp³-hybridized carbons (Fsp3) is 0.333. The Labute approximate surface area is 82.0 Å². The van der Waals surface area contributed by atoms with Gasteiger partial charge in [0.1, 0.15) is 6.04 Å².